The molecule has 10 aromatic rings. The maximum atomic E-state index is 13.3. The Morgan fingerprint density at radius 2 is 0.962 bits per heavy atom. The van der Waals surface area contributed by atoms with Crippen molar-refractivity contribution in [1.29, 1.82) is 0 Å². The number of rotatable bonds is 10. The fraction of sp³-hybridized carbons (Fsp3) is 0.222. The van der Waals surface area contributed by atoms with Crippen molar-refractivity contribution in [1.82, 2.24) is 29.5 Å². The quantitative estimate of drug-likeness (QED) is 0.0707. The van der Waals surface area contributed by atoms with Crippen molar-refractivity contribution in [3.8, 4) is 22.9 Å². The second-order valence-corrected chi connectivity index (χ2v) is 21.3. The summed E-state index contributed by atoms with van der Waals surface area (Å²) < 4.78 is 16.0. The normalized spacial score (nSPS) is 12.1. The summed E-state index contributed by atoms with van der Waals surface area (Å²) in [5.74, 6) is 3.71. The van der Waals surface area contributed by atoms with Gasteiger partial charge in [0.25, 0.3) is 0 Å². The molecule has 0 saturated heterocycles. The number of amides is 2. The summed E-state index contributed by atoms with van der Waals surface area (Å²) in [7, 11) is 0. The van der Waals surface area contributed by atoms with Crippen molar-refractivity contribution in [3.63, 3.8) is 0 Å². The molecule has 4 aromatic heterocycles. The molecular weight excluding hydrogens is 973 g/mol. The summed E-state index contributed by atoms with van der Waals surface area (Å²) in [5.41, 5.74) is 32.9. The fourth-order valence-corrected chi connectivity index (χ4v) is 8.48. The number of benzene rings is 6. The number of anilines is 6. The average molecular weight is 1040 g/mol. The number of nitrogen functional groups attached to an aromatic ring is 4. The summed E-state index contributed by atoms with van der Waals surface area (Å²) in [4.78, 5) is 21.3. The van der Waals surface area contributed by atoms with Gasteiger partial charge in [0.1, 0.15) is 47.0 Å². The first-order valence-corrected chi connectivity index (χ1v) is 25.8. The van der Waals surface area contributed by atoms with Gasteiger partial charge in [-0.1, -0.05) is 125 Å². The zero-order valence-corrected chi connectivity index (χ0v) is 46.0. The van der Waals surface area contributed by atoms with E-state index in [2.05, 4.69) is 86.3 Å². The Balaban J connectivity index is 0.000000175. The molecule has 78 heavy (non-hydrogen) atoms. The van der Waals surface area contributed by atoms with Crippen LogP contribution in [0.25, 0.3) is 32.9 Å². The van der Waals surface area contributed by atoms with Crippen LogP contribution in [0.4, 0.5) is 39.4 Å². The van der Waals surface area contributed by atoms with Crippen LogP contribution < -0.4 is 43.0 Å². The number of ether oxygens (including phenoxy) is 2. The highest BCUT2D eigenvalue weighted by atomic mass is 16.5. The van der Waals surface area contributed by atoms with Crippen LogP contribution in [0, 0.1) is 13.8 Å². The summed E-state index contributed by atoms with van der Waals surface area (Å²) in [6, 6.07) is 50.4. The monoisotopic (exact) mass is 1040 g/mol. The summed E-state index contributed by atoms with van der Waals surface area (Å²) in [6.45, 7) is 20.7. The lowest BCUT2D eigenvalue weighted by molar-refractivity contribution is 0.230. The molecule has 2 atom stereocenters. The van der Waals surface area contributed by atoms with Crippen LogP contribution >= 0.6 is 0 Å². The van der Waals surface area contributed by atoms with Crippen molar-refractivity contribution in [2.75, 3.05) is 33.6 Å². The molecule has 0 spiro atoms. The number of nitrogens with zero attached hydrogens (tertiary/aromatic N) is 6. The van der Waals surface area contributed by atoms with Gasteiger partial charge in [0, 0.05) is 62.6 Å². The van der Waals surface area contributed by atoms with E-state index in [0.717, 1.165) is 72.4 Å². The second-order valence-electron chi connectivity index (χ2n) is 21.3. The van der Waals surface area contributed by atoms with E-state index >= 15 is 0 Å². The second kappa shape index (κ2) is 23.3. The van der Waals surface area contributed by atoms with Gasteiger partial charge in [0.2, 0.25) is 0 Å². The zero-order chi connectivity index (χ0) is 55.9. The Morgan fingerprint density at radius 1 is 0.513 bits per heavy atom. The molecule has 15 heteroatoms. The lowest BCUT2D eigenvalue weighted by Gasteiger charge is -2.18. The van der Waals surface area contributed by atoms with E-state index in [1.165, 1.54) is 5.56 Å². The van der Waals surface area contributed by atoms with Gasteiger partial charge in [-0.15, -0.1) is 0 Å². The SMILES string of the molecule is CC(Oc1ccc(N)c2ccccc12)c1ccnc(N)c1.Cc1ccc(-n2nc(C(C)(C)C)cc2N)cc1.Cc1ccc(-n2nc(C(C)(C)C)cc2NC(=O)Nc2ccc(OC(C)c3ccnc(N)c3)c3ccccc23)cc1. The summed E-state index contributed by atoms with van der Waals surface area (Å²) in [6.07, 6.45) is 2.99. The predicted molar refractivity (Wildman–Crippen MR) is 319 cm³/mol. The van der Waals surface area contributed by atoms with Crippen LogP contribution in [0.15, 0.2) is 170 Å². The fourth-order valence-electron chi connectivity index (χ4n) is 8.48. The van der Waals surface area contributed by atoms with Gasteiger partial charge in [-0.3, -0.25) is 5.32 Å². The van der Waals surface area contributed by atoms with E-state index in [1.807, 2.05) is 160 Å². The van der Waals surface area contributed by atoms with E-state index in [4.69, 9.17) is 37.5 Å². The molecule has 400 valence electrons. The van der Waals surface area contributed by atoms with Crippen molar-refractivity contribution >= 4 is 62.2 Å². The number of urea groups is 1. The number of hydrogen-bond donors (Lipinski definition) is 6. The molecule has 15 nitrogen and oxygen atoms in total. The predicted octanol–water partition coefficient (Wildman–Crippen LogP) is 14.0. The van der Waals surface area contributed by atoms with E-state index in [0.29, 0.717) is 34.7 Å². The number of hydrogen-bond acceptors (Lipinski definition) is 11. The first-order chi connectivity index (χ1) is 37.1. The minimum Gasteiger partial charge on any atom is -0.485 e. The minimum absolute atomic E-state index is 0.0179. The van der Waals surface area contributed by atoms with Gasteiger partial charge in [0.15, 0.2) is 0 Å². The number of aryl methyl sites for hydroxylation is 2. The van der Waals surface area contributed by atoms with Gasteiger partial charge >= 0.3 is 6.03 Å². The van der Waals surface area contributed by atoms with Crippen LogP contribution in [0.3, 0.4) is 0 Å². The Morgan fingerprint density at radius 3 is 1.46 bits per heavy atom. The standard InChI is InChI=1S/C32H34N6O2.C17H17N3O.C14H19N3/c1-20-10-12-23(13-11-20)38-30(19-28(37-38)32(3,4)5)36-31(39)35-26-14-15-27(25-9-7-6-8-24(25)26)40-21(2)22-16-17-34-29(33)18-22;1-11(12-8-9-20-17(19)10-12)21-16-7-6-15(18)13-4-2-3-5-14(13)16;1-10-5-7-11(8-6-10)17-13(15)9-12(16-17)14(2,3)4/h6-19,21H,1-5H3,(H2,33,34)(H2,35,36,39);2-11H,18H2,1H3,(H2,19,20);5-9H,15H2,1-4H3. The van der Waals surface area contributed by atoms with Crippen LogP contribution in [0.2, 0.25) is 0 Å². The van der Waals surface area contributed by atoms with Crippen LogP contribution in [-0.4, -0.2) is 35.6 Å². The van der Waals surface area contributed by atoms with Crippen LogP contribution in [0.1, 0.15) is 101 Å². The maximum absolute atomic E-state index is 13.3. The molecule has 0 aliphatic carbocycles. The highest BCUT2D eigenvalue weighted by molar-refractivity contribution is 6.07. The first-order valence-electron chi connectivity index (χ1n) is 25.8. The number of carbonyl (C=O) groups excluding carboxylic acids is 1. The van der Waals surface area contributed by atoms with E-state index < -0.39 is 0 Å². The molecule has 0 bridgehead atoms. The average Bonchev–Trinajstić information content (AvgIpc) is 4.06. The van der Waals surface area contributed by atoms with E-state index in [9.17, 15) is 4.79 Å². The van der Waals surface area contributed by atoms with Gasteiger partial charge in [0.05, 0.1) is 28.5 Å². The Labute approximate surface area is 456 Å². The third-order valence-electron chi connectivity index (χ3n) is 13.0. The minimum atomic E-state index is -0.367. The van der Waals surface area contributed by atoms with Gasteiger partial charge in [-0.2, -0.15) is 10.2 Å². The molecule has 2 amide bonds. The van der Waals surface area contributed by atoms with E-state index in [1.54, 1.807) is 27.8 Å². The van der Waals surface area contributed by atoms with Gasteiger partial charge < -0.3 is 37.7 Å². The van der Waals surface area contributed by atoms with Gasteiger partial charge in [-0.25, -0.2) is 24.1 Å². The molecule has 4 heterocycles. The van der Waals surface area contributed by atoms with E-state index in [-0.39, 0.29) is 29.1 Å². The van der Waals surface area contributed by atoms with Crippen molar-refractivity contribution < 1.29 is 14.3 Å². The lowest BCUT2D eigenvalue weighted by Crippen LogP contribution is -2.21. The van der Waals surface area contributed by atoms with Crippen molar-refractivity contribution in [2.24, 2.45) is 0 Å². The molecule has 0 aliphatic rings. The molecule has 0 saturated carbocycles. The Kier molecular flexibility index (Phi) is 16.4. The highest BCUT2D eigenvalue weighted by Gasteiger charge is 2.23. The molecule has 0 radical (unpaired) electrons. The number of aromatic nitrogens is 6. The summed E-state index contributed by atoms with van der Waals surface area (Å²) in [5, 5.41) is 19.1. The number of fused-ring (bicyclic) bond motifs is 2. The maximum Gasteiger partial charge on any atom is 0.324 e. The topological polar surface area (TPSA) is 225 Å². The number of nitrogens with one attached hydrogen (secondary N) is 2. The highest BCUT2D eigenvalue weighted by Crippen LogP contribution is 2.36. The molecular formula is C63H70N12O3. The lowest BCUT2D eigenvalue weighted by atomic mass is 9.92. The zero-order valence-electron chi connectivity index (χ0n) is 46.0. The third kappa shape index (κ3) is 13.3. The molecule has 10 N–H and O–H groups in total. The molecule has 2 unspecified atom stereocenters. The molecule has 0 fully saturated rings. The largest absolute Gasteiger partial charge is 0.485 e. The first kappa shape index (κ1) is 54.9. The third-order valence-corrected chi connectivity index (χ3v) is 13.0. The van der Waals surface area contributed by atoms with Crippen molar-refractivity contribution in [3.05, 3.63) is 204 Å². The number of carbonyl (C=O) groups is 1. The Hall–Kier alpha value is -9.37. The molecule has 10 rings (SSSR count). The summed E-state index contributed by atoms with van der Waals surface area (Å²) >= 11 is 0. The number of nitrogens with two attached hydrogens (primary N) is 4. The van der Waals surface area contributed by atoms with Crippen LogP contribution in [0.5, 0.6) is 11.5 Å². The van der Waals surface area contributed by atoms with Crippen molar-refractivity contribution in [2.45, 2.75) is 92.3 Å². The van der Waals surface area contributed by atoms with Gasteiger partial charge in [-0.05, 0) is 112 Å². The number of pyridine rings is 2. The Bertz CT molecular complexity index is 3690. The van der Waals surface area contributed by atoms with Crippen LogP contribution in [-0.2, 0) is 10.8 Å². The molecule has 6 aromatic carbocycles. The smallest absolute Gasteiger partial charge is 0.324 e. The molecule has 0 aliphatic heterocycles.